The van der Waals surface area contributed by atoms with Crippen LogP contribution in [0.15, 0.2) is 60.9 Å². The van der Waals surface area contributed by atoms with Gasteiger partial charge in [-0.1, -0.05) is 0 Å². The lowest BCUT2D eigenvalue weighted by molar-refractivity contribution is -0.133. The third kappa shape index (κ3) is 5.60. The Morgan fingerprint density at radius 1 is 1.03 bits per heavy atom. The molecule has 1 atom stereocenters. The molecule has 198 valence electrons. The lowest BCUT2D eigenvalue weighted by Gasteiger charge is -2.36. The predicted octanol–water partition coefficient (Wildman–Crippen LogP) is 2.86. The van der Waals surface area contributed by atoms with E-state index in [0.29, 0.717) is 49.8 Å². The number of hydrogen-bond acceptors (Lipinski definition) is 7. The molecule has 2 saturated heterocycles. The zero-order chi connectivity index (χ0) is 26.7. The number of carbonyl (C=O) groups is 2. The number of nitrogens with zero attached hydrogens (tertiary/aromatic N) is 5. The van der Waals surface area contributed by atoms with Crippen molar-refractivity contribution < 1.29 is 19.1 Å². The van der Waals surface area contributed by atoms with Crippen molar-refractivity contribution >= 4 is 23.2 Å². The summed E-state index contributed by atoms with van der Waals surface area (Å²) in [7, 11) is 0. The van der Waals surface area contributed by atoms with Crippen molar-refractivity contribution in [2.24, 2.45) is 0 Å². The number of amides is 2. The first-order valence-corrected chi connectivity index (χ1v) is 12.7. The normalized spacial score (nSPS) is 19.9. The van der Waals surface area contributed by atoms with Gasteiger partial charge in [0.25, 0.3) is 5.91 Å². The van der Waals surface area contributed by atoms with Crippen LogP contribution in [0.25, 0.3) is 11.4 Å². The molecule has 0 spiro atoms. The predicted molar refractivity (Wildman–Crippen MR) is 143 cm³/mol. The van der Waals surface area contributed by atoms with Gasteiger partial charge in [0.15, 0.2) is 5.82 Å². The second-order valence-corrected chi connectivity index (χ2v) is 9.87. The summed E-state index contributed by atoms with van der Waals surface area (Å²) in [5.41, 5.74) is 0.978. The number of piperazine rings is 1. The van der Waals surface area contributed by atoms with Gasteiger partial charge in [0.1, 0.15) is 5.75 Å². The van der Waals surface area contributed by atoms with Crippen LogP contribution in [0.1, 0.15) is 12.0 Å². The number of phenols is 1. The largest absolute Gasteiger partial charge is 0.508 e. The van der Waals surface area contributed by atoms with Gasteiger partial charge in [0.2, 0.25) is 11.6 Å². The molecule has 2 fully saturated rings. The summed E-state index contributed by atoms with van der Waals surface area (Å²) in [6, 6.07) is 14.5. The summed E-state index contributed by atoms with van der Waals surface area (Å²) in [6.07, 6.45) is 3.46. The molecule has 2 N–H and O–H groups in total. The van der Waals surface area contributed by atoms with Crippen LogP contribution in [-0.2, 0) is 9.59 Å². The van der Waals surface area contributed by atoms with Gasteiger partial charge in [-0.2, -0.15) is 0 Å². The van der Waals surface area contributed by atoms with E-state index in [0.717, 1.165) is 11.3 Å². The number of benzene rings is 2. The first kappa shape index (κ1) is 25.6. The highest BCUT2D eigenvalue weighted by atomic mass is 19.1. The number of aryl methyl sites for hydroxylation is 1. The number of phenolic OH excluding ortho intramolecular Hbond substituents is 1. The molecule has 0 radical (unpaired) electrons. The van der Waals surface area contributed by atoms with Gasteiger partial charge in [0.05, 0.1) is 6.54 Å². The summed E-state index contributed by atoms with van der Waals surface area (Å²) in [4.78, 5) is 39.9. The van der Waals surface area contributed by atoms with Crippen LogP contribution in [0.2, 0.25) is 0 Å². The average molecular weight is 519 g/mol. The highest BCUT2D eigenvalue weighted by molar-refractivity contribution is 5.98. The number of rotatable bonds is 6. The Morgan fingerprint density at radius 3 is 2.42 bits per heavy atom. The number of hydrogen-bond donors (Lipinski definition) is 2. The Balaban J connectivity index is 1.10. The third-order valence-electron chi connectivity index (χ3n) is 7.21. The minimum atomic E-state index is -2.07. The Bertz CT molecular complexity index is 1300. The van der Waals surface area contributed by atoms with Crippen molar-refractivity contribution in [3.8, 4) is 17.1 Å². The van der Waals surface area contributed by atoms with E-state index in [9.17, 15) is 14.7 Å². The first-order valence-electron chi connectivity index (χ1n) is 12.7. The van der Waals surface area contributed by atoms with Crippen molar-refractivity contribution in [3.05, 3.63) is 66.5 Å². The highest BCUT2D eigenvalue weighted by Crippen LogP contribution is 2.29. The van der Waals surface area contributed by atoms with Crippen LogP contribution in [0.4, 0.5) is 15.8 Å². The molecule has 0 bridgehead atoms. The molecule has 1 aromatic heterocycles. The zero-order valence-corrected chi connectivity index (χ0v) is 21.3. The van der Waals surface area contributed by atoms with Crippen molar-refractivity contribution in [2.75, 3.05) is 56.0 Å². The van der Waals surface area contributed by atoms with E-state index in [1.807, 2.05) is 24.3 Å². The maximum absolute atomic E-state index is 15.4. The number of halogens is 1. The minimum absolute atomic E-state index is 0.0287. The summed E-state index contributed by atoms with van der Waals surface area (Å²) >= 11 is 0. The summed E-state index contributed by atoms with van der Waals surface area (Å²) in [6.45, 7) is 4.57. The molecule has 2 aliphatic heterocycles. The van der Waals surface area contributed by atoms with E-state index in [-0.39, 0.29) is 31.2 Å². The first-order chi connectivity index (χ1) is 18.3. The molecule has 0 saturated carbocycles. The second kappa shape index (κ2) is 10.7. The Labute approximate surface area is 220 Å². The van der Waals surface area contributed by atoms with Gasteiger partial charge in [-0.05, 0) is 61.0 Å². The van der Waals surface area contributed by atoms with E-state index < -0.39 is 11.6 Å². The van der Waals surface area contributed by atoms with Crippen LogP contribution in [-0.4, -0.2) is 88.2 Å². The van der Waals surface area contributed by atoms with Crippen LogP contribution in [0.3, 0.4) is 0 Å². The van der Waals surface area contributed by atoms with E-state index in [1.165, 1.54) is 12.1 Å². The smallest absolute Gasteiger partial charge is 0.263 e. The number of carbonyl (C=O) groups excluding carboxylic acids is 2. The monoisotopic (exact) mass is 518 g/mol. The highest BCUT2D eigenvalue weighted by Gasteiger charge is 2.45. The molecule has 1 unspecified atom stereocenters. The second-order valence-electron chi connectivity index (χ2n) is 9.87. The minimum Gasteiger partial charge on any atom is -0.508 e. The van der Waals surface area contributed by atoms with E-state index in [1.54, 1.807) is 41.2 Å². The van der Waals surface area contributed by atoms with Crippen molar-refractivity contribution in [1.29, 1.82) is 0 Å². The van der Waals surface area contributed by atoms with Gasteiger partial charge < -0.3 is 20.2 Å². The van der Waals surface area contributed by atoms with Crippen molar-refractivity contribution in [1.82, 2.24) is 19.8 Å². The number of likely N-dealkylation sites (tertiary alicyclic amines) is 1. The molecule has 3 heterocycles. The molecule has 38 heavy (non-hydrogen) atoms. The number of anilines is 2. The van der Waals surface area contributed by atoms with Crippen molar-refractivity contribution in [3.63, 3.8) is 0 Å². The molecule has 10 heteroatoms. The molecular weight excluding hydrogens is 487 g/mol. The fourth-order valence-electron chi connectivity index (χ4n) is 4.92. The molecule has 5 rings (SSSR count). The van der Waals surface area contributed by atoms with Gasteiger partial charge in [0, 0.05) is 75.0 Å². The van der Waals surface area contributed by atoms with Gasteiger partial charge in [-0.25, -0.2) is 14.4 Å². The lowest BCUT2D eigenvalue weighted by atomic mass is 10.0. The van der Waals surface area contributed by atoms with Crippen molar-refractivity contribution in [2.45, 2.75) is 19.0 Å². The van der Waals surface area contributed by atoms with Gasteiger partial charge in [-0.15, -0.1) is 0 Å². The van der Waals surface area contributed by atoms with E-state index in [4.69, 9.17) is 0 Å². The van der Waals surface area contributed by atoms with Crippen LogP contribution >= 0.6 is 0 Å². The SMILES string of the molecule is Cc1cc(NC(=O)C2(F)CCN(CC(=O)N3CCN(c4ccc(-c5ncccn5)cc4)CC3)C2)ccc1O. The molecular formula is C28H31FN6O3. The topological polar surface area (TPSA) is 102 Å². The Kier molecular flexibility index (Phi) is 7.24. The fourth-order valence-corrected chi connectivity index (χ4v) is 4.92. The summed E-state index contributed by atoms with van der Waals surface area (Å²) in [5, 5.41) is 12.3. The Morgan fingerprint density at radius 2 is 1.74 bits per heavy atom. The number of aromatic hydroxyl groups is 1. The van der Waals surface area contributed by atoms with Crippen LogP contribution < -0.4 is 10.2 Å². The molecule has 2 aliphatic rings. The molecule has 9 nitrogen and oxygen atoms in total. The fraction of sp³-hybridized carbons (Fsp3) is 0.357. The molecule has 0 aliphatic carbocycles. The van der Waals surface area contributed by atoms with Crippen LogP contribution in [0, 0.1) is 6.92 Å². The summed E-state index contributed by atoms with van der Waals surface area (Å²) < 4.78 is 15.4. The molecule has 2 aromatic carbocycles. The molecule has 2 amide bonds. The number of nitrogens with one attached hydrogen (secondary N) is 1. The quantitative estimate of drug-likeness (QED) is 0.484. The van der Waals surface area contributed by atoms with Gasteiger partial charge >= 0.3 is 0 Å². The zero-order valence-electron chi connectivity index (χ0n) is 21.3. The lowest BCUT2D eigenvalue weighted by Crippen LogP contribution is -2.51. The maximum Gasteiger partial charge on any atom is 0.263 e. The Hall–Kier alpha value is -4.05. The molecule has 3 aromatic rings. The van der Waals surface area contributed by atoms with E-state index in [2.05, 4.69) is 20.2 Å². The number of aromatic nitrogens is 2. The van der Waals surface area contributed by atoms with E-state index >= 15 is 4.39 Å². The maximum atomic E-state index is 15.4. The summed E-state index contributed by atoms with van der Waals surface area (Å²) in [5.74, 6) is 0.0121. The van der Waals surface area contributed by atoms with Crippen LogP contribution in [0.5, 0.6) is 5.75 Å². The van der Waals surface area contributed by atoms with Gasteiger partial charge in [-0.3, -0.25) is 14.5 Å². The standard InChI is InChI=1S/C28H31FN6O3/c1-20-17-22(5-8-24(20)36)32-27(38)28(29)9-12-33(19-28)18-25(37)35-15-13-34(14-16-35)23-6-3-21(4-7-23)26-30-10-2-11-31-26/h2-8,10-11,17,36H,9,12-16,18-19H2,1H3,(H,32,38). The third-order valence-corrected chi connectivity index (χ3v) is 7.21. The average Bonchev–Trinajstić information content (AvgIpc) is 3.33. The number of alkyl halides is 1.